The van der Waals surface area contributed by atoms with E-state index in [4.69, 9.17) is 0 Å². The van der Waals surface area contributed by atoms with E-state index in [1.165, 1.54) is 19.5 Å². The van der Waals surface area contributed by atoms with Gasteiger partial charge in [0.15, 0.2) is 0 Å². The van der Waals surface area contributed by atoms with Crippen molar-refractivity contribution in [2.24, 2.45) is 0 Å². The number of halogens is 1. The van der Waals surface area contributed by atoms with E-state index in [2.05, 4.69) is 41.3 Å². The zero-order valence-corrected chi connectivity index (χ0v) is 15.7. The van der Waals surface area contributed by atoms with Crippen molar-refractivity contribution in [2.75, 3.05) is 24.3 Å². The summed E-state index contributed by atoms with van der Waals surface area (Å²) in [5.41, 5.74) is 2.67. The molecule has 3 rings (SSSR count). The van der Waals surface area contributed by atoms with E-state index < -0.39 is 0 Å². The standard InChI is InChI=1S/C19H17BrN4O2/c1-26-18(25)6-3-9-21-14-7-8-17-16(11-14)19(23-12-22-17)24-15-5-2-4-13(20)10-15/h2-8,10-12,21H,9H2,1H3,(H,22,23,24). The number of aromatic nitrogens is 2. The molecule has 2 N–H and O–H groups in total. The smallest absolute Gasteiger partial charge is 0.330 e. The number of hydrogen-bond acceptors (Lipinski definition) is 6. The molecule has 1 heterocycles. The van der Waals surface area contributed by atoms with Gasteiger partial charge in [0, 0.05) is 33.9 Å². The molecule has 0 aliphatic rings. The number of carbonyl (C=O) groups is 1. The third-order valence-corrected chi connectivity index (χ3v) is 4.10. The van der Waals surface area contributed by atoms with E-state index >= 15 is 0 Å². The molecule has 0 saturated heterocycles. The summed E-state index contributed by atoms with van der Waals surface area (Å²) in [4.78, 5) is 19.7. The topological polar surface area (TPSA) is 76.1 Å². The number of carbonyl (C=O) groups excluding carboxylic acids is 1. The van der Waals surface area contributed by atoms with Crippen LogP contribution in [0.3, 0.4) is 0 Å². The second kappa shape index (κ2) is 8.44. The summed E-state index contributed by atoms with van der Waals surface area (Å²) in [6.45, 7) is 0.503. The minimum atomic E-state index is -0.376. The van der Waals surface area contributed by atoms with Gasteiger partial charge in [0.2, 0.25) is 0 Å². The lowest BCUT2D eigenvalue weighted by molar-refractivity contribution is -0.134. The van der Waals surface area contributed by atoms with Gasteiger partial charge in [0.1, 0.15) is 12.1 Å². The molecule has 0 saturated carbocycles. The molecule has 0 aliphatic carbocycles. The molecule has 0 aliphatic heterocycles. The Hall–Kier alpha value is -2.93. The molecule has 1 aromatic heterocycles. The Morgan fingerprint density at radius 3 is 2.88 bits per heavy atom. The maximum atomic E-state index is 11.1. The average molecular weight is 413 g/mol. The van der Waals surface area contributed by atoms with Crippen molar-refractivity contribution in [2.45, 2.75) is 0 Å². The number of fused-ring (bicyclic) bond motifs is 1. The van der Waals surface area contributed by atoms with Crippen LogP contribution in [0.2, 0.25) is 0 Å². The summed E-state index contributed by atoms with van der Waals surface area (Å²) in [5, 5.41) is 7.45. The van der Waals surface area contributed by atoms with Gasteiger partial charge in [0.05, 0.1) is 12.6 Å². The lowest BCUT2D eigenvalue weighted by atomic mass is 10.2. The SMILES string of the molecule is COC(=O)C=CCNc1ccc2ncnc(Nc3cccc(Br)c3)c2c1. The predicted octanol–water partition coefficient (Wildman–Crippen LogP) is 4.28. The van der Waals surface area contributed by atoms with Crippen molar-refractivity contribution >= 4 is 50.0 Å². The van der Waals surface area contributed by atoms with E-state index in [9.17, 15) is 4.79 Å². The molecule has 26 heavy (non-hydrogen) atoms. The first-order chi connectivity index (χ1) is 12.7. The highest BCUT2D eigenvalue weighted by atomic mass is 79.9. The first kappa shape index (κ1) is 17.9. The Bertz CT molecular complexity index is 959. The maximum Gasteiger partial charge on any atom is 0.330 e. The Kier molecular flexibility index (Phi) is 5.80. The zero-order valence-electron chi connectivity index (χ0n) is 14.1. The van der Waals surface area contributed by atoms with Crippen LogP contribution in [0.4, 0.5) is 17.2 Å². The largest absolute Gasteiger partial charge is 0.466 e. The third kappa shape index (κ3) is 4.58. The summed E-state index contributed by atoms with van der Waals surface area (Å²) < 4.78 is 5.55. The Balaban J connectivity index is 1.81. The van der Waals surface area contributed by atoms with Crippen molar-refractivity contribution in [1.82, 2.24) is 9.97 Å². The normalized spacial score (nSPS) is 10.8. The summed E-state index contributed by atoms with van der Waals surface area (Å²) in [7, 11) is 1.35. The minimum absolute atomic E-state index is 0.376. The van der Waals surface area contributed by atoms with Crippen molar-refractivity contribution < 1.29 is 9.53 Å². The fraction of sp³-hybridized carbons (Fsp3) is 0.105. The van der Waals surface area contributed by atoms with Gasteiger partial charge in [-0.15, -0.1) is 0 Å². The van der Waals surface area contributed by atoms with Crippen molar-refractivity contribution in [1.29, 1.82) is 0 Å². The second-order valence-electron chi connectivity index (χ2n) is 5.40. The second-order valence-corrected chi connectivity index (χ2v) is 6.31. The van der Waals surface area contributed by atoms with Crippen LogP contribution in [0.1, 0.15) is 0 Å². The van der Waals surface area contributed by atoms with Gasteiger partial charge in [-0.1, -0.05) is 28.1 Å². The molecule has 132 valence electrons. The number of methoxy groups -OCH3 is 1. The quantitative estimate of drug-likeness (QED) is 0.464. The molecule has 0 fully saturated rings. The first-order valence-electron chi connectivity index (χ1n) is 7.91. The van der Waals surface area contributed by atoms with Gasteiger partial charge >= 0.3 is 5.97 Å². The van der Waals surface area contributed by atoms with Crippen LogP contribution in [-0.2, 0) is 9.53 Å². The molecule has 0 atom stereocenters. The van der Waals surface area contributed by atoms with Crippen LogP contribution in [0, 0.1) is 0 Å². The first-order valence-corrected chi connectivity index (χ1v) is 8.71. The van der Waals surface area contributed by atoms with Crippen LogP contribution in [0.25, 0.3) is 10.9 Å². The molecule has 2 aromatic carbocycles. The number of anilines is 3. The van der Waals surface area contributed by atoms with Crippen molar-refractivity contribution in [3.63, 3.8) is 0 Å². The lowest BCUT2D eigenvalue weighted by Gasteiger charge is -2.10. The van der Waals surface area contributed by atoms with E-state index in [1.54, 1.807) is 6.08 Å². The number of ether oxygens (including phenoxy) is 1. The Morgan fingerprint density at radius 2 is 2.08 bits per heavy atom. The monoisotopic (exact) mass is 412 g/mol. The Labute approximate surface area is 159 Å². The number of esters is 1. The van der Waals surface area contributed by atoms with Gasteiger partial charge in [-0.2, -0.15) is 0 Å². The predicted molar refractivity (Wildman–Crippen MR) is 107 cm³/mol. The Morgan fingerprint density at radius 1 is 1.19 bits per heavy atom. The van der Waals surface area contributed by atoms with Gasteiger partial charge < -0.3 is 15.4 Å². The summed E-state index contributed by atoms with van der Waals surface area (Å²) in [5.74, 6) is 0.348. The molecule has 0 spiro atoms. The molecular weight excluding hydrogens is 396 g/mol. The number of rotatable bonds is 6. The van der Waals surface area contributed by atoms with Crippen LogP contribution in [0.5, 0.6) is 0 Å². The van der Waals surface area contributed by atoms with Gasteiger partial charge in [-0.05, 0) is 36.4 Å². The fourth-order valence-corrected chi connectivity index (χ4v) is 2.77. The average Bonchev–Trinajstić information content (AvgIpc) is 2.65. The highest BCUT2D eigenvalue weighted by Gasteiger charge is 2.06. The third-order valence-electron chi connectivity index (χ3n) is 3.60. The summed E-state index contributed by atoms with van der Waals surface area (Å²) >= 11 is 3.47. The van der Waals surface area contributed by atoms with Crippen LogP contribution < -0.4 is 10.6 Å². The molecule has 0 radical (unpaired) electrons. The van der Waals surface area contributed by atoms with Gasteiger partial charge in [-0.25, -0.2) is 14.8 Å². The van der Waals surface area contributed by atoms with Crippen molar-refractivity contribution in [3.05, 3.63) is 65.4 Å². The highest BCUT2D eigenvalue weighted by Crippen LogP contribution is 2.26. The van der Waals surface area contributed by atoms with E-state index in [1.807, 2.05) is 42.5 Å². The molecule has 0 bridgehead atoms. The molecule has 0 unspecified atom stereocenters. The van der Waals surface area contributed by atoms with E-state index in [0.29, 0.717) is 6.54 Å². The summed E-state index contributed by atoms with van der Waals surface area (Å²) in [6.07, 6.45) is 4.63. The number of hydrogen-bond donors (Lipinski definition) is 2. The maximum absolute atomic E-state index is 11.1. The van der Waals surface area contributed by atoms with Gasteiger partial charge in [-0.3, -0.25) is 0 Å². The minimum Gasteiger partial charge on any atom is -0.466 e. The highest BCUT2D eigenvalue weighted by molar-refractivity contribution is 9.10. The van der Waals surface area contributed by atoms with Crippen LogP contribution >= 0.6 is 15.9 Å². The lowest BCUT2D eigenvalue weighted by Crippen LogP contribution is -2.01. The molecule has 7 heteroatoms. The number of benzene rings is 2. The summed E-state index contributed by atoms with van der Waals surface area (Å²) in [6, 6.07) is 13.7. The molecular formula is C19H17BrN4O2. The zero-order chi connectivity index (χ0) is 18.4. The van der Waals surface area contributed by atoms with E-state index in [0.717, 1.165) is 32.6 Å². The number of nitrogens with zero attached hydrogens (tertiary/aromatic N) is 2. The molecule has 0 amide bonds. The van der Waals surface area contributed by atoms with Gasteiger partial charge in [0.25, 0.3) is 0 Å². The number of nitrogens with one attached hydrogen (secondary N) is 2. The molecule has 3 aromatic rings. The van der Waals surface area contributed by atoms with Crippen molar-refractivity contribution in [3.8, 4) is 0 Å². The van der Waals surface area contributed by atoms with Crippen LogP contribution in [-0.4, -0.2) is 29.6 Å². The van der Waals surface area contributed by atoms with E-state index in [-0.39, 0.29) is 5.97 Å². The van der Waals surface area contributed by atoms with Crippen LogP contribution in [0.15, 0.2) is 65.4 Å². The molecule has 6 nitrogen and oxygen atoms in total. The fourth-order valence-electron chi connectivity index (χ4n) is 2.37.